The Morgan fingerprint density at radius 3 is 2.58 bits per heavy atom. The summed E-state index contributed by atoms with van der Waals surface area (Å²) in [6.45, 7) is 1.94. The van der Waals surface area contributed by atoms with Gasteiger partial charge in [0.1, 0.15) is 11.6 Å². The summed E-state index contributed by atoms with van der Waals surface area (Å²) in [6.07, 6.45) is 0. The number of aromatic nitrogens is 2. The van der Waals surface area contributed by atoms with Gasteiger partial charge in [-0.25, -0.2) is 13.8 Å². The Morgan fingerprint density at radius 2 is 2.00 bits per heavy atom. The van der Waals surface area contributed by atoms with Crippen LogP contribution in [0.25, 0.3) is 11.3 Å². The maximum Gasteiger partial charge on any atom is 0.165 e. The Hall–Kier alpha value is -1.95. The average molecular weight is 267 g/mol. The minimum Gasteiger partial charge on any atom is -0.494 e. The summed E-state index contributed by atoms with van der Waals surface area (Å²) >= 11 is 0. The molecule has 102 valence electrons. The molecular formula is C13H15F2N3O. The Labute approximate surface area is 109 Å². The zero-order valence-electron chi connectivity index (χ0n) is 11.0. The van der Waals surface area contributed by atoms with Crippen molar-refractivity contribution in [1.82, 2.24) is 9.55 Å². The molecule has 0 atom stereocenters. The fourth-order valence-corrected chi connectivity index (χ4v) is 2.02. The van der Waals surface area contributed by atoms with Crippen molar-refractivity contribution in [2.24, 2.45) is 12.8 Å². The zero-order chi connectivity index (χ0) is 14.2. The van der Waals surface area contributed by atoms with Crippen LogP contribution >= 0.6 is 0 Å². The van der Waals surface area contributed by atoms with Crippen LogP contribution in [-0.4, -0.2) is 16.7 Å². The molecule has 0 saturated heterocycles. The highest BCUT2D eigenvalue weighted by Crippen LogP contribution is 2.31. The van der Waals surface area contributed by atoms with Gasteiger partial charge < -0.3 is 15.0 Å². The number of nitrogens with zero attached hydrogens (tertiary/aromatic N) is 2. The average Bonchev–Trinajstić information content (AvgIpc) is 2.67. The monoisotopic (exact) mass is 267 g/mol. The lowest BCUT2D eigenvalue weighted by atomic mass is 10.1. The van der Waals surface area contributed by atoms with Gasteiger partial charge in [0.25, 0.3) is 0 Å². The molecule has 1 aromatic carbocycles. The van der Waals surface area contributed by atoms with Gasteiger partial charge in [0, 0.05) is 25.2 Å². The van der Waals surface area contributed by atoms with Crippen LogP contribution in [0.15, 0.2) is 12.1 Å². The van der Waals surface area contributed by atoms with Crippen LogP contribution in [0, 0.1) is 18.6 Å². The van der Waals surface area contributed by atoms with Crippen molar-refractivity contribution in [3.05, 3.63) is 35.3 Å². The first-order valence-electron chi connectivity index (χ1n) is 5.75. The molecule has 2 N–H and O–H groups in total. The van der Waals surface area contributed by atoms with Crippen molar-refractivity contribution in [3.63, 3.8) is 0 Å². The molecule has 4 nitrogen and oxygen atoms in total. The molecule has 1 heterocycles. The predicted octanol–water partition coefficient (Wildman–Crippen LogP) is 2.14. The lowest BCUT2D eigenvalue weighted by Gasteiger charge is -2.10. The molecule has 0 aliphatic rings. The predicted molar refractivity (Wildman–Crippen MR) is 67.7 cm³/mol. The van der Waals surface area contributed by atoms with Crippen LogP contribution in [0.2, 0.25) is 0 Å². The first-order chi connectivity index (χ1) is 8.99. The third kappa shape index (κ3) is 2.19. The van der Waals surface area contributed by atoms with Crippen molar-refractivity contribution in [2.75, 3.05) is 7.11 Å². The Balaban J connectivity index is 2.69. The van der Waals surface area contributed by atoms with E-state index in [0.717, 1.165) is 12.1 Å². The summed E-state index contributed by atoms with van der Waals surface area (Å²) in [5, 5.41) is 0. The number of nitrogens with two attached hydrogens (primary N) is 1. The third-order valence-electron chi connectivity index (χ3n) is 3.08. The van der Waals surface area contributed by atoms with Gasteiger partial charge in [-0.05, 0) is 13.0 Å². The van der Waals surface area contributed by atoms with Crippen LogP contribution in [0.5, 0.6) is 5.75 Å². The largest absolute Gasteiger partial charge is 0.494 e. The topological polar surface area (TPSA) is 53.1 Å². The number of methoxy groups -OCH3 is 1. The summed E-state index contributed by atoms with van der Waals surface area (Å²) in [6, 6.07) is 2.12. The number of benzene rings is 1. The molecule has 0 radical (unpaired) electrons. The van der Waals surface area contributed by atoms with Crippen molar-refractivity contribution in [2.45, 2.75) is 13.5 Å². The van der Waals surface area contributed by atoms with E-state index < -0.39 is 11.6 Å². The van der Waals surface area contributed by atoms with E-state index in [-0.39, 0.29) is 17.9 Å². The van der Waals surface area contributed by atoms with Crippen LogP contribution in [0.4, 0.5) is 8.78 Å². The summed E-state index contributed by atoms with van der Waals surface area (Å²) in [5.41, 5.74) is 6.74. The number of rotatable bonds is 3. The molecule has 0 unspecified atom stereocenters. The van der Waals surface area contributed by atoms with Gasteiger partial charge in [-0.1, -0.05) is 0 Å². The first-order valence-corrected chi connectivity index (χ1v) is 5.75. The Bertz CT molecular complexity index is 623. The summed E-state index contributed by atoms with van der Waals surface area (Å²) < 4.78 is 34.3. The SMILES string of the molecule is COc1cc(F)c(-c2c(CN)nc(C)n2C)cc1F. The van der Waals surface area contributed by atoms with Gasteiger partial charge in [-0.3, -0.25) is 0 Å². The number of halogens is 2. The lowest BCUT2D eigenvalue weighted by molar-refractivity contribution is 0.383. The smallest absolute Gasteiger partial charge is 0.165 e. The highest BCUT2D eigenvalue weighted by atomic mass is 19.1. The zero-order valence-corrected chi connectivity index (χ0v) is 11.0. The number of aryl methyl sites for hydroxylation is 1. The minimum absolute atomic E-state index is 0.127. The van der Waals surface area contributed by atoms with E-state index >= 15 is 0 Å². The van der Waals surface area contributed by atoms with E-state index in [0.29, 0.717) is 17.2 Å². The highest BCUT2D eigenvalue weighted by Gasteiger charge is 2.19. The van der Waals surface area contributed by atoms with Crippen molar-refractivity contribution < 1.29 is 13.5 Å². The van der Waals surface area contributed by atoms with Crippen molar-refractivity contribution in [3.8, 4) is 17.0 Å². The number of hydrogen-bond acceptors (Lipinski definition) is 3. The van der Waals surface area contributed by atoms with Gasteiger partial charge in [0.15, 0.2) is 11.6 Å². The lowest BCUT2D eigenvalue weighted by Crippen LogP contribution is -2.03. The van der Waals surface area contributed by atoms with Crippen molar-refractivity contribution in [1.29, 1.82) is 0 Å². The van der Waals surface area contributed by atoms with Gasteiger partial charge in [-0.15, -0.1) is 0 Å². The van der Waals surface area contributed by atoms with E-state index in [2.05, 4.69) is 4.98 Å². The van der Waals surface area contributed by atoms with Gasteiger partial charge in [-0.2, -0.15) is 0 Å². The van der Waals surface area contributed by atoms with E-state index in [9.17, 15) is 8.78 Å². The maximum absolute atomic E-state index is 14.1. The second-order valence-electron chi connectivity index (χ2n) is 4.18. The fourth-order valence-electron chi connectivity index (χ4n) is 2.02. The molecule has 0 fully saturated rings. The quantitative estimate of drug-likeness (QED) is 0.927. The van der Waals surface area contributed by atoms with Crippen LogP contribution in [-0.2, 0) is 13.6 Å². The van der Waals surface area contributed by atoms with Crippen LogP contribution in [0.1, 0.15) is 11.5 Å². The molecule has 6 heteroatoms. The molecular weight excluding hydrogens is 252 g/mol. The summed E-state index contributed by atoms with van der Waals surface area (Å²) in [4.78, 5) is 4.24. The van der Waals surface area contributed by atoms with Gasteiger partial charge in [0.2, 0.25) is 0 Å². The second-order valence-corrected chi connectivity index (χ2v) is 4.18. The minimum atomic E-state index is -0.624. The first kappa shape index (κ1) is 13.5. The number of ether oxygens (including phenoxy) is 1. The molecule has 0 spiro atoms. The van der Waals surface area contributed by atoms with E-state index in [1.807, 2.05) is 0 Å². The van der Waals surface area contributed by atoms with Crippen molar-refractivity contribution >= 4 is 0 Å². The molecule has 2 aromatic rings. The molecule has 0 aliphatic heterocycles. The van der Waals surface area contributed by atoms with Gasteiger partial charge in [0.05, 0.1) is 18.5 Å². The standard InChI is InChI=1S/C13H15F2N3O/c1-7-17-11(6-16)13(18(7)2)8-4-10(15)12(19-3)5-9(8)14/h4-5H,6,16H2,1-3H3. The Morgan fingerprint density at radius 1 is 1.32 bits per heavy atom. The normalized spacial score (nSPS) is 10.8. The molecule has 0 bridgehead atoms. The third-order valence-corrected chi connectivity index (χ3v) is 3.08. The summed E-state index contributed by atoms with van der Waals surface area (Å²) in [7, 11) is 3.02. The Kier molecular flexibility index (Phi) is 3.53. The molecule has 19 heavy (non-hydrogen) atoms. The highest BCUT2D eigenvalue weighted by molar-refractivity contribution is 5.65. The van der Waals surface area contributed by atoms with E-state index in [4.69, 9.17) is 10.5 Å². The summed E-state index contributed by atoms with van der Waals surface area (Å²) in [5.74, 6) is -0.641. The van der Waals surface area contributed by atoms with E-state index in [1.165, 1.54) is 7.11 Å². The fraction of sp³-hybridized carbons (Fsp3) is 0.308. The second kappa shape index (κ2) is 4.97. The number of imidazole rings is 1. The van der Waals surface area contributed by atoms with Crippen LogP contribution in [0.3, 0.4) is 0 Å². The molecule has 1 aromatic heterocycles. The van der Waals surface area contributed by atoms with Crippen LogP contribution < -0.4 is 10.5 Å². The molecule has 0 aliphatic carbocycles. The van der Waals surface area contributed by atoms with Gasteiger partial charge >= 0.3 is 0 Å². The number of hydrogen-bond donors (Lipinski definition) is 1. The van der Waals surface area contributed by atoms with E-state index in [1.54, 1.807) is 18.5 Å². The molecule has 0 saturated carbocycles. The molecule has 0 amide bonds. The molecule has 2 rings (SSSR count). The maximum atomic E-state index is 14.1.